The lowest BCUT2D eigenvalue weighted by Gasteiger charge is -2.36. The number of para-hydroxylation sites is 1. The second-order valence-electron chi connectivity index (χ2n) is 6.23. The van der Waals surface area contributed by atoms with Gasteiger partial charge in [0.15, 0.2) is 5.96 Å². The zero-order valence-electron chi connectivity index (χ0n) is 16.3. The van der Waals surface area contributed by atoms with Gasteiger partial charge in [-0.3, -0.25) is 14.7 Å². The zero-order valence-corrected chi connectivity index (χ0v) is 16.3. The molecular formula is C19H31N5O3. The highest BCUT2D eigenvalue weighted by molar-refractivity contribution is 5.86. The highest BCUT2D eigenvalue weighted by atomic mass is 16.5. The molecular weight excluding hydrogens is 346 g/mol. The van der Waals surface area contributed by atoms with Crippen LogP contribution in [0.1, 0.15) is 0 Å². The molecule has 0 aromatic heterocycles. The fourth-order valence-corrected chi connectivity index (χ4v) is 2.84. The minimum Gasteiger partial charge on any atom is -0.492 e. The Morgan fingerprint density at radius 3 is 2.52 bits per heavy atom. The van der Waals surface area contributed by atoms with Gasteiger partial charge in [0.2, 0.25) is 5.91 Å². The lowest BCUT2D eigenvalue weighted by molar-refractivity contribution is -0.120. The van der Waals surface area contributed by atoms with Crippen LogP contribution in [0.5, 0.6) is 5.75 Å². The van der Waals surface area contributed by atoms with Crippen LogP contribution in [0, 0.1) is 0 Å². The van der Waals surface area contributed by atoms with Crippen molar-refractivity contribution < 1.29 is 14.3 Å². The van der Waals surface area contributed by atoms with Gasteiger partial charge in [-0.2, -0.15) is 0 Å². The number of nitrogens with zero attached hydrogens (tertiary/aromatic N) is 3. The van der Waals surface area contributed by atoms with E-state index in [9.17, 15) is 4.79 Å². The van der Waals surface area contributed by atoms with Crippen LogP contribution in [0.15, 0.2) is 35.3 Å². The molecule has 1 aromatic rings. The van der Waals surface area contributed by atoms with Crippen molar-refractivity contribution in [3.8, 4) is 5.75 Å². The van der Waals surface area contributed by atoms with E-state index >= 15 is 0 Å². The molecule has 150 valence electrons. The Hall–Kier alpha value is -2.32. The summed E-state index contributed by atoms with van der Waals surface area (Å²) < 4.78 is 10.7. The minimum atomic E-state index is -0.0649. The summed E-state index contributed by atoms with van der Waals surface area (Å²) in [6, 6.07) is 9.88. The first-order valence-electron chi connectivity index (χ1n) is 9.34. The van der Waals surface area contributed by atoms with Crippen molar-refractivity contribution in [1.82, 2.24) is 20.4 Å². The number of hydrogen-bond acceptors (Lipinski definition) is 5. The van der Waals surface area contributed by atoms with Crippen LogP contribution in [0.2, 0.25) is 0 Å². The Labute approximate surface area is 161 Å². The van der Waals surface area contributed by atoms with Crippen LogP contribution in [-0.4, -0.2) is 94.9 Å². The standard InChI is InChI=1S/C19H31N5O3/c1-20-19(22-16-18(25)21-8-14-26-2)24-11-9-23(10-12-24)13-15-27-17-6-4-3-5-7-17/h3-7H,8-16H2,1-2H3,(H,20,22)(H,21,25). The summed E-state index contributed by atoms with van der Waals surface area (Å²) in [5.41, 5.74) is 0. The molecule has 27 heavy (non-hydrogen) atoms. The number of benzene rings is 1. The number of guanidine groups is 1. The molecule has 0 spiro atoms. The fraction of sp³-hybridized carbons (Fsp3) is 0.579. The maximum absolute atomic E-state index is 11.8. The number of nitrogens with one attached hydrogen (secondary N) is 2. The number of carbonyl (C=O) groups excluding carboxylic acids is 1. The van der Waals surface area contributed by atoms with E-state index in [0.29, 0.717) is 19.8 Å². The molecule has 1 fully saturated rings. The van der Waals surface area contributed by atoms with E-state index in [4.69, 9.17) is 9.47 Å². The molecule has 1 aliphatic heterocycles. The largest absolute Gasteiger partial charge is 0.492 e. The molecule has 1 aliphatic rings. The van der Waals surface area contributed by atoms with Crippen LogP contribution in [-0.2, 0) is 9.53 Å². The molecule has 1 aromatic carbocycles. The predicted molar refractivity (Wildman–Crippen MR) is 106 cm³/mol. The van der Waals surface area contributed by atoms with E-state index in [2.05, 4.69) is 25.4 Å². The fourth-order valence-electron chi connectivity index (χ4n) is 2.84. The average Bonchev–Trinajstić information content (AvgIpc) is 2.70. The predicted octanol–water partition coefficient (Wildman–Crippen LogP) is 0.0210. The SMILES string of the molecule is CN=C(NCC(=O)NCCOC)N1CCN(CCOc2ccccc2)CC1. The number of methoxy groups -OCH3 is 1. The lowest BCUT2D eigenvalue weighted by Crippen LogP contribution is -2.54. The van der Waals surface area contributed by atoms with Crippen molar-refractivity contribution in [2.75, 3.05) is 73.2 Å². The topological polar surface area (TPSA) is 78.4 Å². The highest BCUT2D eigenvalue weighted by Gasteiger charge is 2.19. The monoisotopic (exact) mass is 377 g/mol. The Balaban J connectivity index is 1.63. The van der Waals surface area contributed by atoms with Gasteiger partial charge in [0.25, 0.3) is 0 Å². The van der Waals surface area contributed by atoms with Gasteiger partial charge in [0, 0.05) is 53.4 Å². The maximum atomic E-state index is 11.8. The molecule has 0 unspecified atom stereocenters. The quantitative estimate of drug-likeness (QED) is 0.359. The number of hydrogen-bond donors (Lipinski definition) is 2. The van der Waals surface area contributed by atoms with Gasteiger partial charge in [-0.25, -0.2) is 0 Å². The Morgan fingerprint density at radius 2 is 1.85 bits per heavy atom. The number of piperazine rings is 1. The van der Waals surface area contributed by atoms with E-state index in [1.54, 1.807) is 14.2 Å². The van der Waals surface area contributed by atoms with Crippen LogP contribution in [0.25, 0.3) is 0 Å². The number of aliphatic imine (C=N–C) groups is 1. The first-order chi connectivity index (χ1) is 13.2. The lowest BCUT2D eigenvalue weighted by atomic mass is 10.3. The normalized spacial score (nSPS) is 15.5. The third kappa shape index (κ3) is 7.84. The highest BCUT2D eigenvalue weighted by Crippen LogP contribution is 2.08. The zero-order chi connectivity index (χ0) is 19.3. The van der Waals surface area contributed by atoms with Crippen molar-refractivity contribution in [2.45, 2.75) is 0 Å². The Bertz CT molecular complexity index is 574. The molecule has 1 saturated heterocycles. The molecule has 0 atom stereocenters. The summed E-state index contributed by atoms with van der Waals surface area (Å²) in [6.07, 6.45) is 0. The molecule has 0 saturated carbocycles. The molecule has 8 heteroatoms. The maximum Gasteiger partial charge on any atom is 0.239 e. The molecule has 2 N–H and O–H groups in total. The van der Waals surface area contributed by atoms with E-state index < -0.39 is 0 Å². The van der Waals surface area contributed by atoms with E-state index in [1.165, 1.54) is 0 Å². The number of amides is 1. The van der Waals surface area contributed by atoms with Gasteiger partial charge in [-0.15, -0.1) is 0 Å². The molecule has 1 heterocycles. The Kier molecular flexibility index (Phi) is 9.43. The van der Waals surface area contributed by atoms with Gasteiger partial charge < -0.3 is 25.0 Å². The first-order valence-corrected chi connectivity index (χ1v) is 9.34. The third-order valence-electron chi connectivity index (χ3n) is 4.34. The van der Waals surface area contributed by atoms with Crippen molar-refractivity contribution in [1.29, 1.82) is 0 Å². The molecule has 0 bridgehead atoms. The second-order valence-corrected chi connectivity index (χ2v) is 6.23. The smallest absolute Gasteiger partial charge is 0.239 e. The van der Waals surface area contributed by atoms with Gasteiger partial charge >= 0.3 is 0 Å². The number of rotatable bonds is 9. The summed E-state index contributed by atoms with van der Waals surface area (Å²) in [5.74, 6) is 1.60. The summed E-state index contributed by atoms with van der Waals surface area (Å²) in [6.45, 7) is 6.44. The van der Waals surface area contributed by atoms with Crippen LogP contribution >= 0.6 is 0 Å². The van der Waals surface area contributed by atoms with Gasteiger partial charge in [-0.1, -0.05) is 18.2 Å². The van der Waals surface area contributed by atoms with E-state index in [1.807, 2.05) is 30.3 Å². The number of ether oxygens (including phenoxy) is 2. The summed E-state index contributed by atoms with van der Waals surface area (Å²) >= 11 is 0. The minimum absolute atomic E-state index is 0.0649. The summed E-state index contributed by atoms with van der Waals surface area (Å²) in [4.78, 5) is 20.6. The molecule has 2 rings (SSSR count). The van der Waals surface area contributed by atoms with Crippen molar-refractivity contribution in [2.24, 2.45) is 4.99 Å². The molecule has 1 amide bonds. The second kappa shape index (κ2) is 12.1. The average molecular weight is 377 g/mol. The molecule has 0 aliphatic carbocycles. The van der Waals surface area contributed by atoms with E-state index in [-0.39, 0.29) is 12.5 Å². The first kappa shape index (κ1) is 21.0. The van der Waals surface area contributed by atoms with Crippen molar-refractivity contribution in [3.63, 3.8) is 0 Å². The van der Waals surface area contributed by atoms with Gasteiger partial charge in [0.05, 0.1) is 13.2 Å². The van der Waals surface area contributed by atoms with Crippen molar-refractivity contribution in [3.05, 3.63) is 30.3 Å². The summed E-state index contributed by atoms with van der Waals surface area (Å²) in [5, 5.41) is 5.91. The number of carbonyl (C=O) groups is 1. The van der Waals surface area contributed by atoms with Gasteiger partial charge in [0.1, 0.15) is 12.4 Å². The van der Waals surface area contributed by atoms with Gasteiger partial charge in [-0.05, 0) is 12.1 Å². The van der Waals surface area contributed by atoms with Crippen LogP contribution in [0.4, 0.5) is 0 Å². The van der Waals surface area contributed by atoms with Crippen LogP contribution in [0.3, 0.4) is 0 Å². The van der Waals surface area contributed by atoms with E-state index in [0.717, 1.165) is 44.4 Å². The molecule has 0 radical (unpaired) electrons. The Morgan fingerprint density at radius 1 is 1.11 bits per heavy atom. The van der Waals surface area contributed by atoms with Crippen molar-refractivity contribution >= 4 is 11.9 Å². The summed E-state index contributed by atoms with van der Waals surface area (Å²) in [7, 11) is 3.35. The third-order valence-corrected chi connectivity index (χ3v) is 4.34. The molecule has 8 nitrogen and oxygen atoms in total. The van der Waals surface area contributed by atoms with Crippen LogP contribution < -0.4 is 15.4 Å².